The van der Waals surface area contributed by atoms with E-state index in [1.807, 2.05) is 0 Å². The van der Waals surface area contributed by atoms with Gasteiger partial charge in [-0.25, -0.2) is 13.6 Å². The van der Waals surface area contributed by atoms with Crippen LogP contribution in [0.1, 0.15) is 22.8 Å². The van der Waals surface area contributed by atoms with Crippen molar-refractivity contribution in [3.63, 3.8) is 0 Å². The molecule has 0 aliphatic carbocycles. The Morgan fingerprint density at radius 1 is 1.19 bits per heavy atom. The molecule has 140 valence electrons. The largest absolute Gasteiger partial charge is 0.497 e. The van der Waals surface area contributed by atoms with E-state index in [0.717, 1.165) is 18.2 Å². The van der Waals surface area contributed by atoms with E-state index in [1.165, 1.54) is 26.2 Å². The molecule has 0 saturated carbocycles. The number of hydrogen-bond acceptors (Lipinski definition) is 4. The van der Waals surface area contributed by atoms with Crippen LogP contribution in [0.25, 0.3) is 0 Å². The molecule has 8 heteroatoms. The number of nitrogens with one attached hydrogen (secondary N) is 1. The second-order valence-electron chi connectivity index (χ2n) is 6.23. The molecule has 1 fully saturated rings. The highest BCUT2D eigenvalue weighted by molar-refractivity contribution is 6.11. The van der Waals surface area contributed by atoms with E-state index in [-0.39, 0.29) is 11.1 Å². The maximum Gasteiger partial charge on any atom is 0.325 e. The summed E-state index contributed by atoms with van der Waals surface area (Å²) in [5.74, 6) is -2.48. The molecule has 27 heavy (non-hydrogen) atoms. The van der Waals surface area contributed by atoms with E-state index in [1.54, 1.807) is 12.1 Å². The molecule has 0 bridgehead atoms. The second kappa shape index (κ2) is 6.79. The Hall–Kier alpha value is -3.29. The number of methoxy groups -OCH3 is 1. The molecule has 0 spiro atoms. The third-order valence-corrected chi connectivity index (χ3v) is 4.44. The highest BCUT2D eigenvalue weighted by Crippen LogP contribution is 2.31. The standard InChI is InChI=1S/C19H16F2N2O4/c1-19(14-9-12(20)6-7-15(14)21)17(25)23(18(26)22-19)10-16(24)11-4-3-5-13(8-11)27-2/h3-9H,10H2,1-2H3,(H,22,26)/t19-/m1/s1. The fourth-order valence-electron chi connectivity index (χ4n) is 2.94. The average Bonchev–Trinajstić information content (AvgIpc) is 2.87. The van der Waals surface area contributed by atoms with Crippen LogP contribution in [-0.2, 0) is 10.3 Å². The van der Waals surface area contributed by atoms with Gasteiger partial charge in [0.15, 0.2) is 5.78 Å². The van der Waals surface area contributed by atoms with Gasteiger partial charge in [-0.3, -0.25) is 14.5 Å². The molecule has 0 unspecified atom stereocenters. The third kappa shape index (κ3) is 3.25. The molecule has 3 rings (SSSR count). The van der Waals surface area contributed by atoms with Crippen LogP contribution >= 0.6 is 0 Å². The minimum atomic E-state index is -1.81. The van der Waals surface area contributed by atoms with Gasteiger partial charge in [0.25, 0.3) is 5.91 Å². The van der Waals surface area contributed by atoms with Gasteiger partial charge in [-0.05, 0) is 37.3 Å². The van der Waals surface area contributed by atoms with Crippen LogP contribution in [-0.4, -0.2) is 36.3 Å². The maximum atomic E-state index is 14.1. The summed E-state index contributed by atoms with van der Waals surface area (Å²) in [5.41, 5.74) is -1.87. The maximum absolute atomic E-state index is 14.1. The number of Topliss-reactive ketones (excluding diaryl/α,β-unsaturated/α-hetero) is 1. The molecule has 1 aliphatic rings. The summed E-state index contributed by atoms with van der Waals surface area (Å²) < 4.78 is 32.7. The normalized spacial score (nSPS) is 19.2. The van der Waals surface area contributed by atoms with E-state index in [0.29, 0.717) is 10.6 Å². The lowest BCUT2D eigenvalue weighted by Crippen LogP contribution is -2.42. The van der Waals surface area contributed by atoms with Crippen molar-refractivity contribution < 1.29 is 27.9 Å². The second-order valence-corrected chi connectivity index (χ2v) is 6.23. The predicted molar refractivity (Wildman–Crippen MR) is 91.3 cm³/mol. The van der Waals surface area contributed by atoms with E-state index in [4.69, 9.17) is 4.74 Å². The Labute approximate surface area is 153 Å². The van der Waals surface area contributed by atoms with Gasteiger partial charge >= 0.3 is 6.03 Å². The molecule has 1 N–H and O–H groups in total. The summed E-state index contributed by atoms with van der Waals surface area (Å²) in [7, 11) is 1.44. The monoisotopic (exact) mass is 374 g/mol. The van der Waals surface area contributed by atoms with Crippen molar-refractivity contribution in [2.45, 2.75) is 12.5 Å². The number of hydrogen-bond donors (Lipinski definition) is 1. The summed E-state index contributed by atoms with van der Waals surface area (Å²) >= 11 is 0. The number of carbonyl (C=O) groups excluding carboxylic acids is 3. The summed E-state index contributed by atoms with van der Waals surface area (Å²) in [4.78, 5) is 38.2. The number of imide groups is 1. The summed E-state index contributed by atoms with van der Waals surface area (Å²) in [6, 6.07) is 8.02. The molecule has 1 saturated heterocycles. The number of carbonyl (C=O) groups is 3. The number of halogens is 2. The van der Waals surface area contributed by atoms with Crippen LogP contribution < -0.4 is 10.1 Å². The molecule has 1 heterocycles. The molecule has 3 amide bonds. The highest BCUT2D eigenvalue weighted by Gasteiger charge is 2.50. The molecular weight excluding hydrogens is 358 g/mol. The molecular formula is C19H16F2N2O4. The number of ether oxygens (including phenoxy) is 1. The lowest BCUT2D eigenvalue weighted by molar-refractivity contribution is -0.130. The van der Waals surface area contributed by atoms with E-state index >= 15 is 0 Å². The summed E-state index contributed by atoms with van der Waals surface area (Å²) in [5, 5.41) is 2.35. The number of urea groups is 1. The van der Waals surface area contributed by atoms with E-state index < -0.39 is 41.4 Å². The zero-order valence-electron chi connectivity index (χ0n) is 14.6. The molecule has 6 nitrogen and oxygen atoms in total. The lowest BCUT2D eigenvalue weighted by Gasteiger charge is -2.22. The minimum Gasteiger partial charge on any atom is -0.497 e. The van der Waals surface area contributed by atoms with Gasteiger partial charge in [-0.15, -0.1) is 0 Å². The Balaban J connectivity index is 1.88. The SMILES string of the molecule is COc1cccc(C(=O)CN2C(=O)N[C@](C)(c3cc(F)ccc3F)C2=O)c1. The van der Waals surface area contributed by atoms with Crippen LogP contribution in [0.3, 0.4) is 0 Å². The van der Waals surface area contributed by atoms with Crippen LogP contribution in [0.15, 0.2) is 42.5 Å². The quantitative estimate of drug-likeness (QED) is 0.645. The van der Waals surface area contributed by atoms with E-state index in [9.17, 15) is 23.2 Å². The van der Waals surface area contributed by atoms with Crippen LogP contribution in [0.2, 0.25) is 0 Å². The first-order valence-corrected chi connectivity index (χ1v) is 8.03. The van der Waals surface area contributed by atoms with Gasteiger partial charge in [-0.2, -0.15) is 0 Å². The smallest absolute Gasteiger partial charge is 0.325 e. The van der Waals surface area contributed by atoms with Gasteiger partial charge in [0.2, 0.25) is 0 Å². The van der Waals surface area contributed by atoms with Gasteiger partial charge in [0.05, 0.1) is 13.7 Å². The van der Waals surface area contributed by atoms with Crippen molar-refractivity contribution in [3.8, 4) is 5.75 Å². The molecule has 0 radical (unpaired) electrons. The fourth-order valence-corrected chi connectivity index (χ4v) is 2.94. The Morgan fingerprint density at radius 2 is 1.93 bits per heavy atom. The Bertz CT molecular complexity index is 947. The summed E-state index contributed by atoms with van der Waals surface area (Å²) in [6.07, 6.45) is 0. The fraction of sp³-hybridized carbons (Fsp3) is 0.211. The van der Waals surface area contributed by atoms with Crippen LogP contribution in [0.4, 0.5) is 13.6 Å². The molecule has 2 aromatic rings. The Morgan fingerprint density at radius 3 is 2.63 bits per heavy atom. The zero-order valence-corrected chi connectivity index (χ0v) is 14.6. The molecule has 0 aromatic heterocycles. The summed E-state index contributed by atoms with van der Waals surface area (Å²) in [6.45, 7) is 0.728. The van der Waals surface area contributed by atoms with Crippen LogP contribution in [0.5, 0.6) is 5.75 Å². The van der Waals surface area contributed by atoms with Crippen LogP contribution in [0, 0.1) is 11.6 Å². The predicted octanol–water partition coefficient (Wildman–Crippen LogP) is 2.62. The highest BCUT2D eigenvalue weighted by atomic mass is 19.1. The topological polar surface area (TPSA) is 75.7 Å². The van der Waals surface area contributed by atoms with Crippen molar-refractivity contribution in [2.24, 2.45) is 0 Å². The third-order valence-electron chi connectivity index (χ3n) is 4.44. The van der Waals surface area contributed by atoms with Crippen molar-refractivity contribution in [3.05, 3.63) is 65.2 Å². The number of benzene rings is 2. The number of nitrogens with zero attached hydrogens (tertiary/aromatic N) is 1. The first kappa shape index (κ1) is 18.5. The molecule has 1 aliphatic heterocycles. The van der Waals surface area contributed by atoms with Gasteiger partial charge in [0.1, 0.15) is 22.9 Å². The molecule has 1 atom stereocenters. The first-order chi connectivity index (χ1) is 12.8. The van der Waals surface area contributed by atoms with Gasteiger partial charge in [0, 0.05) is 11.1 Å². The van der Waals surface area contributed by atoms with Crippen molar-refractivity contribution in [1.29, 1.82) is 0 Å². The molecule has 2 aromatic carbocycles. The zero-order chi connectivity index (χ0) is 19.8. The number of rotatable bonds is 5. The van der Waals surface area contributed by atoms with Gasteiger partial charge < -0.3 is 10.1 Å². The lowest BCUT2D eigenvalue weighted by atomic mass is 9.91. The minimum absolute atomic E-state index is 0.250. The van der Waals surface area contributed by atoms with E-state index in [2.05, 4.69) is 5.32 Å². The number of amides is 3. The van der Waals surface area contributed by atoms with Crippen molar-refractivity contribution in [1.82, 2.24) is 10.2 Å². The van der Waals surface area contributed by atoms with Gasteiger partial charge in [-0.1, -0.05) is 12.1 Å². The Kier molecular flexibility index (Phi) is 4.65. The van der Waals surface area contributed by atoms with Crippen molar-refractivity contribution in [2.75, 3.05) is 13.7 Å². The van der Waals surface area contributed by atoms with Crippen molar-refractivity contribution >= 4 is 17.7 Å². The first-order valence-electron chi connectivity index (χ1n) is 8.03. The average molecular weight is 374 g/mol. The number of ketones is 1.